The summed E-state index contributed by atoms with van der Waals surface area (Å²) in [6.07, 6.45) is 6.81. The summed E-state index contributed by atoms with van der Waals surface area (Å²) in [4.78, 5) is 73.6. The molecule has 1 atom stereocenters. The van der Waals surface area contributed by atoms with Crippen molar-refractivity contribution in [2.75, 3.05) is 112 Å². The molecule has 7 aliphatic rings. The van der Waals surface area contributed by atoms with E-state index < -0.39 is 52.9 Å². The first kappa shape index (κ1) is 108. The Morgan fingerprint density at radius 3 is 1.42 bits per heavy atom. The molecule has 4 fully saturated rings. The lowest BCUT2D eigenvalue weighted by atomic mass is 9.84. The molecule has 7 aliphatic heterocycles. The number of carbonyl (C=O) groups is 3. The Bertz CT molecular complexity index is 6590. The number of nitrogens with one attached hydrogen (secondary N) is 2. The van der Waals surface area contributed by atoms with E-state index in [9.17, 15) is 44.0 Å². The van der Waals surface area contributed by atoms with Gasteiger partial charge < -0.3 is 36.3 Å². The Hall–Kier alpha value is -8.91. The molecule has 19 rings (SSSR count). The number of nitrogens with zero attached hydrogens (tertiary/aromatic N) is 15. The zero-order valence-electron chi connectivity index (χ0n) is 82.8. The fourth-order valence-corrected chi connectivity index (χ4v) is 25.8. The minimum absolute atomic E-state index is 0. The van der Waals surface area contributed by atoms with Crippen LogP contribution in [0.5, 0.6) is 11.5 Å². The quantitative estimate of drug-likeness (QED) is 0.0779. The topological polar surface area (TPSA) is 395 Å². The minimum atomic E-state index is -3.56. The number of nitrogens with two attached hydrogens (primary N) is 2. The van der Waals surface area contributed by atoms with Gasteiger partial charge in [0.15, 0.2) is 28.7 Å². The van der Waals surface area contributed by atoms with Gasteiger partial charge in [-0.05, 0) is 121 Å². The Balaban J connectivity index is 0.000000167. The average Bonchev–Trinajstić information content (AvgIpc) is 1.28. The van der Waals surface area contributed by atoms with Gasteiger partial charge in [0.05, 0.1) is 80.9 Å². The van der Waals surface area contributed by atoms with E-state index in [1.165, 1.54) is 47.6 Å². The molecule has 0 aliphatic carbocycles. The number of aryl methyl sites for hydroxylation is 7. The third-order valence-corrected chi connectivity index (χ3v) is 33.4. The predicted molar refractivity (Wildman–Crippen MR) is 548 cm³/mol. The summed E-state index contributed by atoms with van der Waals surface area (Å²) < 4.78 is 114. The van der Waals surface area contributed by atoms with Crippen LogP contribution in [0.2, 0.25) is 0 Å². The van der Waals surface area contributed by atoms with Gasteiger partial charge in [0, 0.05) is 176 Å². The SMILES string of the molecule is C1CCOC1.CC1(C)CNCCC1=O.CCCc1nc2c3cccc(OC)c3nc(N)n2n1.COc1cccc2c1nc(N)n1nc(CCN3Cc4sc(C)nc4C(C)(C)C3)nc21.Cc1ccc(S(=O)(=O)N2CC(Br)C(=O)C(C)(C)C2)cc1.Cc1ccc(S(=O)(=O)N2CCC(=O)C(C)(C)C2)cc1.Cc1ccc(S(=O)(=O)N2CCc3nc(C)sc3C2)cc1.Cc1nc2c(s1)CNCC2(C)C.Cl.[2H]CF. The molecule has 4 saturated heterocycles. The zero-order valence-corrected chi connectivity index (χ0v) is 89.1. The number of carbonyl (C=O) groups excluding carboxylic acids is 3. The molecule has 1 unspecified atom stereocenters. The number of fused-ring (bicyclic) bond motifs is 9. The van der Waals surface area contributed by atoms with E-state index in [0.29, 0.717) is 81.6 Å². The number of benzene rings is 5. The predicted octanol–water partition coefficient (Wildman–Crippen LogP) is 15.9. The molecule has 31 nitrogen and oxygen atoms in total. The number of ketones is 3. The number of hydrogen-bond donors (Lipinski definition) is 4. The summed E-state index contributed by atoms with van der Waals surface area (Å²) in [5, 5.41) is 20.7. The maximum atomic E-state index is 12.6. The molecule has 7 aromatic heterocycles. The first-order valence-electron chi connectivity index (χ1n) is 46.2. The number of nitrogen functional groups attached to an aromatic ring is 2. The second kappa shape index (κ2) is 46.7. The molecular formula is C97H132BrClFN19O12S6. The van der Waals surface area contributed by atoms with Gasteiger partial charge >= 0.3 is 0 Å². The zero-order chi connectivity index (χ0) is 100. The van der Waals surface area contributed by atoms with Crippen LogP contribution in [-0.4, -0.2) is 219 Å². The van der Waals surface area contributed by atoms with E-state index >= 15 is 0 Å². The van der Waals surface area contributed by atoms with Gasteiger partial charge in [-0.3, -0.25) is 23.7 Å². The van der Waals surface area contributed by atoms with Crippen molar-refractivity contribution in [3.05, 3.63) is 184 Å². The van der Waals surface area contributed by atoms with Crippen LogP contribution in [0, 0.1) is 57.8 Å². The minimum Gasteiger partial charge on any atom is -0.494 e. The fraction of sp³-hybridized carbons (Fsp3) is 0.505. The van der Waals surface area contributed by atoms with E-state index in [0.717, 1.165) is 144 Å². The van der Waals surface area contributed by atoms with Crippen molar-refractivity contribution in [1.82, 2.24) is 82.6 Å². The third-order valence-electron chi connectivity index (χ3n) is 24.2. The lowest BCUT2D eigenvalue weighted by molar-refractivity contribution is -0.130. The molecule has 12 aromatic rings. The molecule has 0 bridgehead atoms. The van der Waals surface area contributed by atoms with Crippen molar-refractivity contribution < 1.29 is 59.6 Å². The number of sulfonamides is 3. The monoisotopic (exact) mass is 2080 g/mol. The molecule has 0 radical (unpaired) electrons. The van der Waals surface area contributed by atoms with Gasteiger partial charge in [-0.2, -0.15) is 21.9 Å². The number of methoxy groups -OCH3 is 2. The Labute approximate surface area is 833 Å². The molecule has 14 heterocycles. The van der Waals surface area contributed by atoms with Gasteiger partial charge in [-0.15, -0.1) is 56.6 Å². The van der Waals surface area contributed by atoms with Crippen molar-refractivity contribution in [1.29, 1.82) is 0 Å². The van der Waals surface area contributed by atoms with Crippen molar-refractivity contribution >= 4 is 155 Å². The van der Waals surface area contributed by atoms with Gasteiger partial charge in [-0.25, -0.2) is 60.1 Å². The van der Waals surface area contributed by atoms with E-state index in [-0.39, 0.29) is 77.7 Å². The highest BCUT2D eigenvalue weighted by Crippen LogP contribution is 2.40. The number of anilines is 2. The van der Waals surface area contributed by atoms with Crippen molar-refractivity contribution in [2.24, 2.45) is 16.2 Å². The van der Waals surface area contributed by atoms with E-state index in [1.807, 2.05) is 101 Å². The van der Waals surface area contributed by atoms with Gasteiger partial charge in [0.1, 0.15) is 34.1 Å². The van der Waals surface area contributed by atoms with Crippen molar-refractivity contribution in [3.63, 3.8) is 0 Å². The fourth-order valence-electron chi connectivity index (χ4n) is 16.7. The largest absolute Gasteiger partial charge is 0.494 e. The number of piperidine rings is 3. The highest BCUT2D eigenvalue weighted by molar-refractivity contribution is 9.10. The van der Waals surface area contributed by atoms with E-state index in [1.54, 1.807) is 139 Å². The van der Waals surface area contributed by atoms with Crippen LogP contribution in [0.4, 0.5) is 16.3 Å². The van der Waals surface area contributed by atoms with Crippen LogP contribution >= 0.6 is 62.3 Å². The van der Waals surface area contributed by atoms with E-state index in [2.05, 4.69) is 115 Å². The summed E-state index contributed by atoms with van der Waals surface area (Å²) in [5.41, 5.74) is 20.6. The number of Topliss-reactive ketones (excluding diaryl/α,β-unsaturated/α-hetero) is 3. The average molecular weight is 2080 g/mol. The normalized spacial score (nSPS) is 18.3. The molecule has 5 aromatic carbocycles. The maximum absolute atomic E-state index is 12.6. The van der Waals surface area contributed by atoms with Gasteiger partial charge in [0.2, 0.25) is 42.0 Å². The van der Waals surface area contributed by atoms with Crippen LogP contribution < -0.4 is 31.6 Å². The van der Waals surface area contributed by atoms with E-state index in [4.69, 9.17) is 37.0 Å². The molecule has 0 spiro atoms. The van der Waals surface area contributed by atoms with Crippen LogP contribution in [0.15, 0.2) is 124 Å². The Morgan fingerprint density at radius 2 is 0.971 bits per heavy atom. The number of hydrogen-bond acceptors (Lipinski definition) is 29. The van der Waals surface area contributed by atoms with Crippen LogP contribution in [0.3, 0.4) is 0 Å². The highest BCUT2D eigenvalue weighted by Gasteiger charge is 2.45. The van der Waals surface area contributed by atoms with Crippen LogP contribution in [0.1, 0.15) is 185 Å². The third kappa shape index (κ3) is 26.9. The lowest BCUT2D eigenvalue weighted by Gasteiger charge is -2.38. The highest BCUT2D eigenvalue weighted by atomic mass is 79.9. The van der Waals surface area contributed by atoms with Crippen molar-refractivity contribution in [3.8, 4) is 11.5 Å². The summed E-state index contributed by atoms with van der Waals surface area (Å²) in [6, 6.07) is 32.1. The molecule has 0 amide bonds. The number of aromatic nitrogens is 11. The van der Waals surface area contributed by atoms with Crippen LogP contribution in [-0.2, 0) is 98.9 Å². The molecule has 0 saturated carbocycles. The second-order valence-electron chi connectivity index (χ2n) is 37.9. The summed E-state index contributed by atoms with van der Waals surface area (Å²) in [5.74, 6) is 4.11. The maximum Gasteiger partial charge on any atom is 0.243 e. The number of halogens is 3. The molecular weight excluding hydrogens is 1950 g/mol. The Morgan fingerprint density at radius 1 is 0.526 bits per heavy atom. The van der Waals surface area contributed by atoms with Crippen molar-refractivity contribution in [2.45, 2.75) is 219 Å². The summed E-state index contributed by atoms with van der Waals surface area (Å²) in [6.45, 7) is 44.6. The Kier molecular flexibility index (Phi) is 37.0. The summed E-state index contributed by atoms with van der Waals surface area (Å²) >= 11 is 8.50. The van der Waals surface area contributed by atoms with Gasteiger partial charge in [0.25, 0.3) is 0 Å². The van der Waals surface area contributed by atoms with Gasteiger partial charge in [-0.1, -0.05) is 157 Å². The standard InChI is InChI=1S/C21H25N7OS.C14H18BrNO3S.C14H16N2O2S2.C14H19NO3S.C13H15N5O.C9H14N2S.C7H13NO.C4H8O.CH3F.ClH/c1-12-23-18-15(30-12)10-27(11-21(18,2)3)9-8-16-24-19-13-6-5-7-14(29-4)17(13)25-20(22)28(19)26-16;1-10-4-6-11(7-5-10)20(18,19)16-8-12(15)13(17)14(2,3)9-16;1-10-3-5-12(6-4-10)20(17,18)16-8-7-13-14(9-16)19-11(2)15-13;1-11-4-6-12(7-5-11)19(17,18)15-9-8-13(16)14(2,3)10-15;1-3-5-10-15-12-8-6-4-7-9(19-2)11(8)16-13(14)18(12)17-10;1-6-11-8-7(12-6)4-10-5-9(8,2)3;1-7(2)5-8-4-3-6(7)9;1-2-4-5-3-1;1-2;/h5-7H,8-11H2,1-4H3,(H2,22,25);4-7,12H,8-9H2,1-3H3;3-6H,7-9H2,1-2H3;4-7H,8-10H2,1-3H3;4,6-7H,3,5H2,1-2H3,(H2,14,16);10H,4-5H2,1-3H3;8H,3-5H2,1-2H3;1-4H2;1H3;1H/i;;;;;;;;1D;. The second-order valence-corrected chi connectivity index (χ2v) is 48.6. The number of alkyl halides is 2. The van der Waals surface area contributed by atoms with Crippen LogP contribution in [0.25, 0.3) is 33.1 Å². The number of ether oxygens (including phenoxy) is 3. The molecule has 6 N–H and O–H groups in total. The molecule has 40 heteroatoms. The first-order chi connectivity index (χ1) is 64.6. The summed E-state index contributed by atoms with van der Waals surface area (Å²) in [7, 11) is -8.21. The smallest absolute Gasteiger partial charge is 0.243 e. The molecule has 744 valence electrons. The number of para-hydroxylation sites is 2. The first-order valence-corrected chi connectivity index (χ1v) is 53.1. The lowest BCUT2D eigenvalue weighted by Crippen LogP contribution is -2.53. The number of rotatable bonds is 13. The molecule has 137 heavy (non-hydrogen) atoms. The number of thiazole rings is 3.